The molecule has 40 nitrogen and oxygen atoms in total. The molecular weight excluding hydrogens is 1310 g/mol. The minimum absolute atomic E-state index is 0. The summed E-state index contributed by atoms with van der Waals surface area (Å²) in [5.41, 5.74) is 0. The molecule has 0 aliphatic carbocycles. The number of hydrogen-bond acceptors (Lipinski definition) is 39. The number of aromatic nitrogens is 1. The second-order valence-electron chi connectivity index (χ2n) is 23.8. The molecule has 0 unspecified atom stereocenters. The summed E-state index contributed by atoms with van der Waals surface area (Å²) < 4.78 is 94.4. The molecule has 0 spiro atoms. The van der Waals surface area contributed by atoms with Gasteiger partial charge in [0.05, 0.1) is 46.2 Å². The highest BCUT2D eigenvalue weighted by molar-refractivity contribution is 5.02. The maximum Gasteiger partial charge on any atom is 0.187 e. The van der Waals surface area contributed by atoms with Crippen LogP contribution in [0.25, 0.3) is 0 Å². The summed E-state index contributed by atoms with van der Waals surface area (Å²) in [4.78, 5) is 0. The SMILES string of the molecule is OC[C@H]1O[C@@H]2O[C@H]3[C@H](O)[C@@H](O)[C@@H](O[C@H]4[C@@H](O)[C@H](O)[C@@H](O[C@H]5[C@H](O)[C@@H](O)[C@@H](O[C@H]6[C@H](O)[C@@H](O)[C@@H](O[C@H]7[C@H](O)[C@@H](O)[C@@H](O[C@H]8[C@H](O)[C@@H](O)[C@@H](O[C@H]9[C@@H](O)[C@H](O)[C@@H](O[C@H]1[C@H](O)[C@@H]2O)O[C@@H]9CO)O[C@@H]8C[n+]1ccccc1)O[C@@H]7CO)O[C@@H]6CO)O[C@@H]5CO)O[C@@H]4CO)O[C@@H]3CO.[Cl-]. The zero-order valence-corrected chi connectivity index (χ0v) is 50.0. The molecule has 1 aromatic rings. The van der Waals surface area contributed by atoms with E-state index in [0.717, 1.165) is 0 Å². The van der Waals surface area contributed by atoms with Crippen molar-refractivity contribution in [3.05, 3.63) is 30.6 Å². The van der Waals surface area contributed by atoms with E-state index >= 15 is 0 Å². The molecule has 23 N–H and O–H groups in total. The number of hydrogen-bond donors (Lipinski definition) is 23. The molecule has 16 bridgehead atoms. The van der Waals surface area contributed by atoms with Gasteiger partial charge in [-0.3, -0.25) is 0 Å². The Morgan fingerprint density at radius 1 is 0.202 bits per heavy atom. The van der Waals surface area contributed by atoms with Gasteiger partial charge in [-0.15, -0.1) is 0 Å². The highest BCUT2D eigenvalue weighted by atomic mass is 35.5. The van der Waals surface area contributed by atoms with E-state index in [4.69, 9.17) is 75.8 Å². The minimum Gasteiger partial charge on any atom is -1.00 e. The third-order valence-corrected chi connectivity index (χ3v) is 17.9. The molecule has 31 heterocycles. The largest absolute Gasteiger partial charge is 1.00 e. The van der Waals surface area contributed by atoms with Crippen LogP contribution in [0.15, 0.2) is 30.6 Å². The van der Waals surface area contributed by atoms with Crippen LogP contribution in [0.1, 0.15) is 0 Å². The van der Waals surface area contributed by atoms with Crippen molar-refractivity contribution in [3.63, 3.8) is 0 Å². The smallest absolute Gasteiger partial charge is 0.187 e. The van der Waals surface area contributed by atoms with Crippen molar-refractivity contribution in [2.24, 2.45) is 0 Å². The van der Waals surface area contributed by atoms with Crippen LogP contribution in [0.3, 0.4) is 0 Å². The van der Waals surface area contributed by atoms with E-state index in [1.54, 1.807) is 30.6 Å². The van der Waals surface area contributed by atoms with Gasteiger partial charge in [0.15, 0.2) is 69.3 Å². The summed E-state index contributed by atoms with van der Waals surface area (Å²) in [6.07, 6.45) is -77.8. The maximum absolute atomic E-state index is 11.8. The Morgan fingerprint density at radius 2 is 0.351 bits per heavy atom. The standard InChI is InChI=1S/C53H84NO39.ClH/c55-7-15-39-24(64)32(72)48(80-15)89-41-17(9-57)82-50(34(74)26(41)66)91-43-19(11-59)84-52(36(76)28(43)68)93-45-21(13-61)85-53(37(77)29(45)69)92-44-20(12-60)83-51(35(75)27(44)67)90-42-18(10-58)81-49(33(73)25(42)65)88-40-16(8-56)79-47(31(71)23(40)63)86-38-14(6-54-4-2-1-3-5-54)78-46(87-39)30(70)22(38)62;/h1-5,14-53,55-77H,6-13H2;1H/q+1;/p-1/t14-,15-,16-,17-,18-,19-,20-,21-,22-,23-,24+,25-,26-,27-,28-,29+,30-,31-,32+,33-,34+,35-,36-,37+,38-,39-,40-,41-,42-,43-,44-,45-,46-,47-,48-,49-,50-,51-,52-,53-;/m1./s1. The summed E-state index contributed by atoms with van der Waals surface area (Å²) in [5.74, 6) is 0. The number of nitrogens with zero attached hydrogens (tertiary/aromatic N) is 1. The molecule has 0 amide bonds. The Hall–Kier alpha value is -2.12. The molecule has 30 aliphatic heterocycles. The fourth-order valence-electron chi connectivity index (χ4n) is 12.7. The number of aliphatic hydroxyl groups is 23. The first-order valence-corrected chi connectivity index (χ1v) is 30.0. The summed E-state index contributed by atoms with van der Waals surface area (Å²) in [7, 11) is 0. The lowest BCUT2D eigenvalue weighted by Crippen LogP contribution is -3.00. The molecule has 94 heavy (non-hydrogen) atoms. The van der Waals surface area contributed by atoms with Gasteiger partial charge in [0.1, 0.15) is 195 Å². The van der Waals surface area contributed by atoms with Gasteiger partial charge in [-0.2, -0.15) is 0 Å². The quantitative estimate of drug-likeness (QED) is 0.102. The van der Waals surface area contributed by atoms with Crippen LogP contribution in [0.5, 0.6) is 0 Å². The van der Waals surface area contributed by atoms with Gasteiger partial charge in [-0.05, 0) is 0 Å². The van der Waals surface area contributed by atoms with Crippen molar-refractivity contribution < 1.29 is 210 Å². The first-order valence-electron chi connectivity index (χ1n) is 30.0. The van der Waals surface area contributed by atoms with Crippen LogP contribution in [-0.4, -0.2) is 409 Å². The van der Waals surface area contributed by atoms with Gasteiger partial charge >= 0.3 is 0 Å². The highest BCUT2D eigenvalue weighted by Crippen LogP contribution is 2.40. The van der Waals surface area contributed by atoms with Crippen LogP contribution >= 0.6 is 0 Å². The van der Waals surface area contributed by atoms with Crippen molar-refractivity contribution in [2.45, 2.75) is 252 Å². The summed E-state index contributed by atoms with van der Waals surface area (Å²) >= 11 is 0. The summed E-state index contributed by atoms with van der Waals surface area (Å²) in [6.45, 7) is -7.74. The molecule has 30 fully saturated rings. The Kier molecular flexibility index (Phi) is 26.4. The lowest BCUT2D eigenvalue weighted by Gasteiger charge is -2.50. The van der Waals surface area contributed by atoms with E-state index < -0.39 is 292 Å². The molecule has 0 aromatic carbocycles. The molecule has 0 saturated carbocycles. The van der Waals surface area contributed by atoms with Gasteiger partial charge in [0.25, 0.3) is 0 Å². The van der Waals surface area contributed by atoms with Crippen molar-refractivity contribution >= 4 is 0 Å². The number of rotatable bonds is 9. The van der Waals surface area contributed by atoms with Crippen LogP contribution in [-0.2, 0) is 82.3 Å². The predicted molar refractivity (Wildman–Crippen MR) is 281 cm³/mol. The van der Waals surface area contributed by atoms with Crippen molar-refractivity contribution in [1.82, 2.24) is 0 Å². The molecule has 30 aliphatic rings. The lowest BCUT2D eigenvalue weighted by atomic mass is 9.94. The Labute approximate surface area is 538 Å². The summed E-state index contributed by atoms with van der Waals surface area (Å²) in [5, 5.41) is 258. The monoisotopic (exact) mass is 1390 g/mol. The number of ether oxygens (including phenoxy) is 16. The van der Waals surface area contributed by atoms with Crippen LogP contribution in [0.4, 0.5) is 0 Å². The third kappa shape index (κ3) is 15.2. The minimum atomic E-state index is -2.25. The van der Waals surface area contributed by atoms with Gasteiger partial charge in [0.2, 0.25) is 0 Å². The van der Waals surface area contributed by atoms with E-state index in [9.17, 15) is 117 Å². The molecule has 1 aromatic heterocycles. The average Bonchev–Trinajstić information content (AvgIpc) is 0.780. The molecule has 41 heteroatoms. The van der Waals surface area contributed by atoms with E-state index in [1.165, 1.54) is 4.57 Å². The van der Waals surface area contributed by atoms with Gasteiger partial charge in [-0.25, -0.2) is 4.57 Å². The van der Waals surface area contributed by atoms with E-state index in [2.05, 4.69) is 0 Å². The zero-order valence-electron chi connectivity index (χ0n) is 49.3. The molecule has 40 atom stereocenters. The highest BCUT2D eigenvalue weighted by Gasteiger charge is 2.60. The van der Waals surface area contributed by atoms with Crippen molar-refractivity contribution in [3.8, 4) is 0 Å². The Morgan fingerprint density at radius 3 is 0.511 bits per heavy atom. The first-order chi connectivity index (χ1) is 44.4. The van der Waals surface area contributed by atoms with E-state index in [0.29, 0.717) is 0 Å². The van der Waals surface area contributed by atoms with Gasteiger partial charge in [-0.1, -0.05) is 6.07 Å². The number of halogens is 1. The molecular formula is C53H84ClNO39. The number of pyridine rings is 1. The lowest BCUT2D eigenvalue weighted by molar-refractivity contribution is -0.707. The van der Waals surface area contributed by atoms with E-state index in [-0.39, 0.29) is 19.0 Å². The van der Waals surface area contributed by atoms with Crippen LogP contribution < -0.4 is 17.0 Å². The number of aliphatic hydroxyl groups excluding tert-OH is 23. The second-order valence-corrected chi connectivity index (χ2v) is 23.8. The predicted octanol–water partition coefficient (Wildman–Crippen LogP) is -19.4. The topological polar surface area (TPSA) is 617 Å². The third-order valence-electron chi connectivity index (χ3n) is 17.9. The maximum atomic E-state index is 11.8. The first kappa shape index (κ1) is 76.1. The summed E-state index contributed by atoms with van der Waals surface area (Å²) in [6, 6.07) is 4.86. The molecule has 0 radical (unpaired) electrons. The fourth-order valence-corrected chi connectivity index (χ4v) is 12.7. The van der Waals surface area contributed by atoms with Gasteiger partial charge < -0.3 is 206 Å². The second kappa shape index (κ2) is 32.7. The normalized spacial score (nSPS) is 52.4. The van der Waals surface area contributed by atoms with E-state index in [1.807, 2.05) is 0 Å². The van der Waals surface area contributed by atoms with Crippen molar-refractivity contribution in [1.29, 1.82) is 0 Å². The van der Waals surface area contributed by atoms with Crippen LogP contribution in [0, 0.1) is 0 Å². The zero-order chi connectivity index (χ0) is 67.2. The molecule has 542 valence electrons. The fraction of sp³-hybridized carbons (Fsp3) is 0.906. The van der Waals surface area contributed by atoms with Crippen LogP contribution in [0.2, 0.25) is 0 Å². The average molecular weight is 1390 g/mol. The molecule has 30 saturated heterocycles. The van der Waals surface area contributed by atoms with Crippen molar-refractivity contribution in [2.75, 3.05) is 46.2 Å². The Balaban J connectivity index is 0.0000104. The molecule has 31 rings (SSSR count). The van der Waals surface area contributed by atoms with Gasteiger partial charge in [0, 0.05) is 12.1 Å². The Bertz CT molecular complexity index is 2450.